The molecule has 0 radical (unpaired) electrons. The molecule has 1 aromatic rings. The standard InChI is InChI=1S/C16H26N2O.ClH/c1-5-17-13(2)12-18-15(19)11-16(3,4)14-9-7-6-8-10-14;/h6-10,13,17H,5,11-12H2,1-4H3,(H,18,19);1H/t13-;/m1./s1. The number of carbonyl (C=O) groups is 1. The van der Waals surface area contributed by atoms with Gasteiger partial charge in [0.1, 0.15) is 0 Å². The van der Waals surface area contributed by atoms with Gasteiger partial charge in [0.05, 0.1) is 0 Å². The highest BCUT2D eigenvalue weighted by molar-refractivity contribution is 5.85. The summed E-state index contributed by atoms with van der Waals surface area (Å²) in [5.41, 5.74) is 1.07. The molecule has 0 aromatic heterocycles. The monoisotopic (exact) mass is 298 g/mol. The molecule has 0 spiro atoms. The molecule has 1 aromatic carbocycles. The van der Waals surface area contributed by atoms with Crippen LogP contribution in [0.1, 0.15) is 39.7 Å². The van der Waals surface area contributed by atoms with Gasteiger partial charge in [-0.2, -0.15) is 0 Å². The molecule has 0 saturated heterocycles. The van der Waals surface area contributed by atoms with Crippen LogP contribution in [0.25, 0.3) is 0 Å². The summed E-state index contributed by atoms with van der Waals surface area (Å²) in [6, 6.07) is 10.5. The predicted molar refractivity (Wildman–Crippen MR) is 87.5 cm³/mol. The van der Waals surface area contributed by atoms with Crippen LogP contribution in [0, 0.1) is 0 Å². The number of likely N-dealkylation sites (N-methyl/N-ethyl adjacent to an activating group) is 1. The quantitative estimate of drug-likeness (QED) is 0.813. The van der Waals surface area contributed by atoms with Crippen molar-refractivity contribution in [2.24, 2.45) is 0 Å². The van der Waals surface area contributed by atoms with Crippen LogP contribution in [-0.2, 0) is 10.2 Å². The summed E-state index contributed by atoms with van der Waals surface area (Å²) < 4.78 is 0. The van der Waals surface area contributed by atoms with Gasteiger partial charge in [0.2, 0.25) is 5.91 Å². The molecule has 0 saturated carbocycles. The van der Waals surface area contributed by atoms with Crippen molar-refractivity contribution in [3.05, 3.63) is 35.9 Å². The van der Waals surface area contributed by atoms with Crippen LogP contribution in [0.3, 0.4) is 0 Å². The third-order valence-corrected chi connectivity index (χ3v) is 3.32. The molecule has 20 heavy (non-hydrogen) atoms. The number of rotatable bonds is 7. The first kappa shape index (κ1) is 18.9. The van der Waals surface area contributed by atoms with Crippen LogP contribution in [0.4, 0.5) is 0 Å². The van der Waals surface area contributed by atoms with Gasteiger partial charge in [0, 0.05) is 19.0 Å². The van der Waals surface area contributed by atoms with Gasteiger partial charge in [-0.15, -0.1) is 12.4 Å². The Balaban J connectivity index is 0.00000361. The van der Waals surface area contributed by atoms with Crippen molar-refractivity contribution in [1.82, 2.24) is 10.6 Å². The van der Waals surface area contributed by atoms with E-state index < -0.39 is 0 Å². The minimum atomic E-state index is -0.132. The van der Waals surface area contributed by atoms with Crippen molar-refractivity contribution in [3.63, 3.8) is 0 Å². The maximum atomic E-state index is 12.0. The molecule has 4 heteroatoms. The number of benzene rings is 1. The Morgan fingerprint density at radius 2 is 1.85 bits per heavy atom. The zero-order chi connectivity index (χ0) is 14.3. The van der Waals surface area contributed by atoms with Crippen LogP contribution in [0.15, 0.2) is 30.3 Å². The summed E-state index contributed by atoms with van der Waals surface area (Å²) in [6.45, 7) is 9.96. The largest absolute Gasteiger partial charge is 0.355 e. The molecule has 0 fully saturated rings. The van der Waals surface area contributed by atoms with Gasteiger partial charge in [-0.1, -0.05) is 51.1 Å². The van der Waals surface area contributed by atoms with Gasteiger partial charge in [0.25, 0.3) is 0 Å². The van der Waals surface area contributed by atoms with Crippen molar-refractivity contribution >= 4 is 18.3 Å². The molecule has 114 valence electrons. The molecule has 1 amide bonds. The van der Waals surface area contributed by atoms with Gasteiger partial charge < -0.3 is 10.6 Å². The molecule has 3 nitrogen and oxygen atoms in total. The second-order valence-electron chi connectivity index (χ2n) is 5.69. The molecule has 1 atom stereocenters. The number of amides is 1. The molecule has 0 bridgehead atoms. The van der Waals surface area contributed by atoms with E-state index in [9.17, 15) is 4.79 Å². The highest BCUT2D eigenvalue weighted by atomic mass is 35.5. The van der Waals surface area contributed by atoms with Crippen molar-refractivity contribution in [3.8, 4) is 0 Å². The molecule has 0 aliphatic carbocycles. The Hall–Kier alpha value is -1.06. The summed E-state index contributed by atoms with van der Waals surface area (Å²) in [4.78, 5) is 12.0. The van der Waals surface area contributed by atoms with E-state index in [0.29, 0.717) is 19.0 Å². The molecule has 0 aliphatic heterocycles. The Morgan fingerprint density at radius 1 is 1.25 bits per heavy atom. The van der Waals surface area contributed by atoms with E-state index in [-0.39, 0.29) is 23.7 Å². The molecule has 0 aliphatic rings. The number of hydrogen-bond donors (Lipinski definition) is 2. The maximum Gasteiger partial charge on any atom is 0.220 e. The van der Waals surface area contributed by atoms with Crippen LogP contribution in [-0.4, -0.2) is 25.0 Å². The van der Waals surface area contributed by atoms with Gasteiger partial charge in [-0.05, 0) is 24.4 Å². The summed E-state index contributed by atoms with van der Waals surface area (Å²) in [6.07, 6.45) is 0.510. The lowest BCUT2D eigenvalue weighted by atomic mass is 9.81. The SMILES string of the molecule is CCN[C@H](C)CNC(=O)CC(C)(C)c1ccccc1.Cl. The lowest BCUT2D eigenvalue weighted by Gasteiger charge is -2.25. The summed E-state index contributed by atoms with van der Waals surface area (Å²) in [7, 11) is 0. The first-order chi connectivity index (χ1) is 8.95. The summed E-state index contributed by atoms with van der Waals surface area (Å²) in [5.74, 6) is 0.110. The van der Waals surface area contributed by atoms with E-state index in [1.165, 1.54) is 5.56 Å². The van der Waals surface area contributed by atoms with Crippen LogP contribution < -0.4 is 10.6 Å². The maximum absolute atomic E-state index is 12.0. The van der Waals surface area contributed by atoms with E-state index in [1.807, 2.05) is 18.2 Å². The Labute approximate surface area is 128 Å². The number of carbonyl (C=O) groups excluding carboxylic acids is 1. The Kier molecular flexibility index (Phi) is 8.51. The predicted octanol–water partition coefficient (Wildman–Crippen LogP) is 2.89. The van der Waals surface area contributed by atoms with E-state index in [0.717, 1.165) is 6.54 Å². The molecule has 1 rings (SSSR count). The first-order valence-corrected chi connectivity index (χ1v) is 7.01. The fourth-order valence-electron chi connectivity index (χ4n) is 2.14. The minimum absolute atomic E-state index is 0. The third-order valence-electron chi connectivity index (χ3n) is 3.32. The molecule has 2 N–H and O–H groups in total. The van der Waals surface area contributed by atoms with E-state index in [2.05, 4.69) is 50.5 Å². The molecule has 0 unspecified atom stereocenters. The zero-order valence-electron chi connectivity index (χ0n) is 12.9. The highest BCUT2D eigenvalue weighted by Gasteiger charge is 2.23. The zero-order valence-corrected chi connectivity index (χ0v) is 13.7. The van der Waals surface area contributed by atoms with Gasteiger partial charge in [-0.25, -0.2) is 0 Å². The van der Waals surface area contributed by atoms with Gasteiger partial charge >= 0.3 is 0 Å². The van der Waals surface area contributed by atoms with Gasteiger partial charge in [0.15, 0.2) is 0 Å². The lowest BCUT2D eigenvalue weighted by Crippen LogP contribution is -2.40. The van der Waals surface area contributed by atoms with Crippen molar-refractivity contribution in [2.75, 3.05) is 13.1 Å². The fraction of sp³-hybridized carbons (Fsp3) is 0.562. The normalized spacial score (nSPS) is 12.4. The third kappa shape index (κ3) is 6.40. The smallest absolute Gasteiger partial charge is 0.220 e. The van der Waals surface area contributed by atoms with E-state index >= 15 is 0 Å². The van der Waals surface area contributed by atoms with Crippen molar-refractivity contribution < 1.29 is 4.79 Å². The van der Waals surface area contributed by atoms with Crippen LogP contribution in [0.2, 0.25) is 0 Å². The van der Waals surface area contributed by atoms with Gasteiger partial charge in [-0.3, -0.25) is 4.79 Å². The fourth-order valence-corrected chi connectivity index (χ4v) is 2.14. The Bertz CT molecular complexity index is 393. The second kappa shape index (κ2) is 8.98. The topological polar surface area (TPSA) is 41.1 Å². The van der Waals surface area contributed by atoms with E-state index in [1.54, 1.807) is 0 Å². The highest BCUT2D eigenvalue weighted by Crippen LogP contribution is 2.26. The molecular formula is C16H27ClN2O. The number of hydrogen-bond acceptors (Lipinski definition) is 2. The lowest BCUT2D eigenvalue weighted by molar-refractivity contribution is -0.122. The van der Waals surface area contributed by atoms with Crippen LogP contribution in [0.5, 0.6) is 0 Å². The minimum Gasteiger partial charge on any atom is -0.355 e. The number of halogens is 1. The average molecular weight is 299 g/mol. The summed E-state index contributed by atoms with van der Waals surface area (Å²) in [5, 5.41) is 6.27. The molecular weight excluding hydrogens is 272 g/mol. The summed E-state index contributed by atoms with van der Waals surface area (Å²) >= 11 is 0. The van der Waals surface area contributed by atoms with E-state index in [4.69, 9.17) is 0 Å². The Morgan fingerprint density at radius 3 is 2.40 bits per heavy atom. The van der Waals surface area contributed by atoms with Crippen molar-refractivity contribution in [2.45, 2.75) is 45.6 Å². The second-order valence-corrected chi connectivity index (χ2v) is 5.69. The first-order valence-electron chi connectivity index (χ1n) is 7.01. The number of nitrogens with one attached hydrogen (secondary N) is 2. The van der Waals surface area contributed by atoms with Crippen molar-refractivity contribution in [1.29, 1.82) is 0 Å². The molecule has 0 heterocycles. The van der Waals surface area contributed by atoms with Crippen LogP contribution >= 0.6 is 12.4 Å². The average Bonchev–Trinajstić information content (AvgIpc) is 2.37.